The molecule has 1 aliphatic carbocycles. The fourth-order valence-corrected chi connectivity index (χ4v) is 4.06. The minimum atomic E-state index is 0.0800. The van der Waals surface area contributed by atoms with E-state index in [1.165, 1.54) is 19.3 Å². The van der Waals surface area contributed by atoms with Gasteiger partial charge in [-0.1, -0.05) is 19.3 Å². The van der Waals surface area contributed by atoms with Crippen LogP contribution in [0, 0.1) is 0 Å². The van der Waals surface area contributed by atoms with Crippen LogP contribution >= 0.6 is 11.3 Å². The normalized spacial score (nSPS) is 21.0. The number of hydrogen-bond donors (Lipinski definition) is 0. The highest BCUT2D eigenvalue weighted by Gasteiger charge is 2.24. The second-order valence-electron chi connectivity index (χ2n) is 6.22. The van der Waals surface area contributed by atoms with Crippen molar-refractivity contribution in [3.63, 3.8) is 0 Å². The molecule has 1 aromatic heterocycles. The van der Waals surface area contributed by atoms with Gasteiger partial charge in [-0.25, -0.2) is 4.98 Å². The first-order valence-corrected chi connectivity index (χ1v) is 9.13. The van der Waals surface area contributed by atoms with Gasteiger partial charge >= 0.3 is 0 Å². The van der Waals surface area contributed by atoms with Gasteiger partial charge in [-0.15, -0.1) is 11.3 Å². The molecule has 0 atom stereocenters. The van der Waals surface area contributed by atoms with Crippen LogP contribution in [-0.4, -0.2) is 60.1 Å². The Morgan fingerprint density at radius 3 is 2.82 bits per heavy atom. The number of thiazole rings is 1. The molecule has 3 rings (SSSR count). The van der Waals surface area contributed by atoms with Crippen LogP contribution in [0.15, 0.2) is 5.38 Å². The Hall–Kier alpha value is -0.980. The summed E-state index contributed by atoms with van der Waals surface area (Å²) in [5, 5.41) is 2.94. The maximum absolute atomic E-state index is 12.6. The molecule has 0 bridgehead atoms. The first-order chi connectivity index (χ1) is 10.7. The average Bonchev–Trinajstić information content (AvgIpc) is 3.04. The molecule has 0 N–H and O–H groups in total. The Kier molecular flexibility index (Phi) is 5.44. The number of carbonyl (C=O) groups excluding carboxylic acids is 1. The lowest BCUT2D eigenvalue weighted by atomic mass is 9.94. The van der Waals surface area contributed by atoms with Crippen LogP contribution in [0.25, 0.3) is 0 Å². The molecule has 2 fully saturated rings. The summed E-state index contributed by atoms with van der Waals surface area (Å²) in [5.41, 5.74) is 0.612. The molecule has 1 aromatic rings. The average molecular weight is 323 g/mol. The van der Waals surface area contributed by atoms with Crippen molar-refractivity contribution in [1.82, 2.24) is 14.8 Å². The zero-order chi connectivity index (χ0) is 15.4. The smallest absolute Gasteiger partial charge is 0.273 e. The second kappa shape index (κ2) is 7.53. The van der Waals surface area contributed by atoms with Gasteiger partial charge in [0, 0.05) is 31.6 Å². The lowest BCUT2D eigenvalue weighted by molar-refractivity contribution is 0.0341. The molecule has 0 radical (unpaired) electrons. The summed E-state index contributed by atoms with van der Waals surface area (Å²) in [5.74, 6) is 0.0800. The van der Waals surface area contributed by atoms with Crippen LogP contribution in [-0.2, 0) is 11.3 Å². The van der Waals surface area contributed by atoms with E-state index >= 15 is 0 Å². The maximum atomic E-state index is 12.6. The maximum Gasteiger partial charge on any atom is 0.273 e. The van der Waals surface area contributed by atoms with Gasteiger partial charge < -0.3 is 9.64 Å². The first-order valence-electron chi connectivity index (χ1n) is 8.25. The Morgan fingerprint density at radius 2 is 2.09 bits per heavy atom. The van der Waals surface area contributed by atoms with Gasteiger partial charge in [0.15, 0.2) is 0 Å². The van der Waals surface area contributed by atoms with E-state index in [2.05, 4.69) is 9.88 Å². The predicted molar refractivity (Wildman–Crippen MR) is 87.2 cm³/mol. The number of carbonyl (C=O) groups is 1. The number of rotatable bonds is 4. The highest BCUT2D eigenvalue weighted by molar-refractivity contribution is 7.09. The number of morpholine rings is 1. The van der Waals surface area contributed by atoms with E-state index in [0.29, 0.717) is 11.7 Å². The van der Waals surface area contributed by atoms with Crippen molar-refractivity contribution in [2.75, 3.05) is 33.4 Å². The van der Waals surface area contributed by atoms with Gasteiger partial charge in [-0.2, -0.15) is 0 Å². The second-order valence-corrected chi connectivity index (χ2v) is 7.17. The number of amides is 1. The minimum absolute atomic E-state index is 0.0800. The first kappa shape index (κ1) is 15.9. The summed E-state index contributed by atoms with van der Waals surface area (Å²) in [6, 6.07) is 0.394. The quantitative estimate of drug-likeness (QED) is 0.853. The van der Waals surface area contributed by atoms with Crippen molar-refractivity contribution < 1.29 is 9.53 Å². The van der Waals surface area contributed by atoms with Crippen LogP contribution in [0.1, 0.15) is 47.6 Å². The Labute approximate surface area is 136 Å². The molecule has 1 saturated heterocycles. The van der Waals surface area contributed by atoms with Crippen molar-refractivity contribution in [2.45, 2.75) is 44.7 Å². The van der Waals surface area contributed by atoms with Crippen LogP contribution in [0.4, 0.5) is 0 Å². The van der Waals surface area contributed by atoms with Crippen molar-refractivity contribution in [2.24, 2.45) is 0 Å². The highest BCUT2D eigenvalue weighted by atomic mass is 32.1. The molecule has 2 heterocycles. The third kappa shape index (κ3) is 3.86. The summed E-state index contributed by atoms with van der Waals surface area (Å²) >= 11 is 1.59. The zero-order valence-corrected chi connectivity index (χ0v) is 14.1. The third-order valence-electron chi connectivity index (χ3n) is 4.68. The number of ether oxygens (including phenoxy) is 1. The van der Waals surface area contributed by atoms with Gasteiger partial charge in [-0.3, -0.25) is 9.69 Å². The zero-order valence-electron chi connectivity index (χ0n) is 13.3. The van der Waals surface area contributed by atoms with Gasteiger partial charge in [0.05, 0.1) is 19.8 Å². The van der Waals surface area contributed by atoms with E-state index in [-0.39, 0.29) is 5.91 Å². The van der Waals surface area contributed by atoms with Gasteiger partial charge in [0.25, 0.3) is 5.91 Å². The molecule has 1 saturated carbocycles. The molecular weight excluding hydrogens is 298 g/mol. The van der Waals surface area contributed by atoms with Gasteiger partial charge in [-0.05, 0) is 12.8 Å². The van der Waals surface area contributed by atoms with Crippen molar-refractivity contribution >= 4 is 17.2 Å². The number of hydrogen-bond acceptors (Lipinski definition) is 5. The molecule has 22 heavy (non-hydrogen) atoms. The van der Waals surface area contributed by atoms with Gasteiger partial charge in [0.2, 0.25) is 0 Å². The molecular formula is C16H25N3O2S. The highest BCUT2D eigenvalue weighted by Crippen LogP contribution is 2.23. The van der Waals surface area contributed by atoms with Crippen LogP contribution in [0.3, 0.4) is 0 Å². The number of aromatic nitrogens is 1. The van der Waals surface area contributed by atoms with Crippen molar-refractivity contribution in [1.29, 1.82) is 0 Å². The lowest BCUT2D eigenvalue weighted by Gasteiger charge is -2.30. The molecule has 0 unspecified atom stereocenters. The summed E-state index contributed by atoms with van der Waals surface area (Å²) in [6.45, 7) is 4.31. The summed E-state index contributed by atoms with van der Waals surface area (Å²) in [7, 11) is 1.93. The molecule has 1 amide bonds. The van der Waals surface area contributed by atoms with Gasteiger partial charge in [0.1, 0.15) is 10.7 Å². The molecule has 0 aromatic carbocycles. The molecule has 2 aliphatic rings. The van der Waals surface area contributed by atoms with Crippen molar-refractivity contribution in [3.8, 4) is 0 Å². The van der Waals surface area contributed by atoms with E-state index in [1.54, 1.807) is 11.3 Å². The SMILES string of the molecule is CN(C(=O)c1csc(CN2CCOCC2)n1)C1CCCCC1. The molecule has 6 heteroatoms. The standard InChI is InChI=1S/C16H25N3O2S/c1-18(13-5-3-2-4-6-13)16(20)14-12-22-15(17-14)11-19-7-9-21-10-8-19/h12-13H,2-11H2,1H3. The Bertz CT molecular complexity index is 493. The molecule has 5 nitrogen and oxygen atoms in total. The van der Waals surface area contributed by atoms with E-state index < -0.39 is 0 Å². The van der Waals surface area contributed by atoms with Crippen LogP contribution < -0.4 is 0 Å². The number of nitrogens with zero attached hydrogens (tertiary/aromatic N) is 3. The monoisotopic (exact) mass is 323 g/mol. The molecule has 1 aliphatic heterocycles. The summed E-state index contributed by atoms with van der Waals surface area (Å²) < 4.78 is 5.36. The fraction of sp³-hybridized carbons (Fsp3) is 0.750. The van der Waals surface area contributed by atoms with E-state index in [9.17, 15) is 4.79 Å². The van der Waals surface area contributed by atoms with E-state index in [0.717, 1.165) is 50.7 Å². The lowest BCUT2D eigenvalue weighted by Crippen LogP contribution is -2.38. The fourth-order valence-electron chi connectivity index (χ4n) is 3.25. The summed E-state index contributed by atoms with van der Waals surface area (Å²) in [4.78, 5) is 21.4. The Balaban J connectivity index is 1.58. The topological polar surface area (TPSA) is 45.7 Å². The molecule has 122 valence electrons. The van der Waals surface area contributed by atoms with Crippen LogP contribution in [0.5, 0.6) is 0 Å². The summed E-state index contributed by atoms with van der Waals surface area (Å²) in [6.07, 6.45) is 6.04. The third-order valence-corrected chi connectivity index (χ3v) is 5.51. The van der Waals surface area contributed by atoms with Crippen LogP contribution in [0.2, 0.25) is 0 Å². The van der Waals surface area contributed by atoms with E-state index in [4.69, 9.17) is 4.74 Å². The van der Waals surface area contributed by atoms with E-state index in [1.807, 2.05) is 17.3 Å². The Morgan fingerprint density at radius 1 is 1.36 bits per heavy atom. The molecule has 0 spiro atoms. The van der Waals surface area contributed by atoms with Crippen molar-refractivity contribution in [3.05, 3.63) is 16.1 Å². The predicted octanol–water partition coefficient (Wildman–Crippen LogP) is 2.38. The largest absolute Gasteiger partial charge is 0.379 e. The minimum Gasteiger partial charge on any atom is -0.379 e.